The summed E-state index contributed by atoms with van der Waals surface area (Å²) in [4.78, 5) is 0.336. The summed E-state index contributed by atoms with van der Waals surface area (Å²) in [5.41, 5.74) is 0.571. The smallest absolute Gasteiger partial charge is 0.241 e. The Morgan fingerprint density at radius 2 is 1.85 bits per heavy atom. The van der Waals surface area contributed by atoms with Crippen molar-refractivity contribution in [3.63, 3.8) is 0 Å². The maximum atomic E-state index is 12.5. The van der Waals surface area contributed by atoms with Crippen molar-refractivity contribution in [3.05, 3.63) is 29.8 Å². The van der Waals surface area contributed by atoms with Crippen LogP contribution in [0.1, 0.15) is 46.1 Å². The van der Waals surface area contributed by atoms with Crippen LogP contribution < -0.4 is 4.72 Å². The van der Waals surface area contributed by atoms with E-state index in [-0.39, 0.29) is 18.1 Å². The number of benzene rings is 1. The first kappa shape index (κ1) is 17.1. The Morgan fingerprint density at radius 3 is 2.40 bits per heavy atom. The summed E-state index contributed by atoms with van der Waals surface area (Å²) in [5.74, 6) is 0. The van der Waals surface area contributed by atoms with E-state index in [1.807, 2.05) is 39.8 Å². The molecule has 0 bridgehead atoms. The molecule has 0 radical (unpaired) electrons. The third-order valence-corrected chi connectivity index (χ3v) is 4.78. The summed E-state index contributed by atoms with van der Waals surface area (Å²) in [6.07, 6.45) is 1.21. The van der Waals surface area contributed by atoms with Crippen LogP contribution in [0, 0.1) is 0 Å². The molecule has 0 spiro atoms. The summed E-state index contributed by atoms with van der Waals surface area (Å²) >= 11 is 0. The molecular formula is C15H25NO3S. The number of hydrogen-bond acceptors (Lipinski definition) is 3. The molecule has 0 aliphatic rings. The van der Waals surface area contributed by atoms with E-state index < -0.39 is 10.0 Å². The normalized spacial score (nSPS) is 14.2. The quantitative estimate of drug-likeness (QED) is 0.848. The minimum atomic E-state index is -3.54. The molecule has 0 fully saturated rings. The maximum absolute atomic E-state index is 12.5. The van der Waals surface area contributed by atoms with E-state index >= 15 is 0 Å². The lowest BCUT2D eigenvalue weighted by Gasteiger charge is -2.23. The molecule has 1 unspecified atom stereocenters. The largest absolute Gasteiger partial charge is 0.396 e. The lowest BCUT2D eigenvalue weighted by molar-refractivity contribution is 0.279. The van der Waals surface area contributed by atoms with Gasteiger partial charge in [-0.05, 0) is 36.8 Å². The number of rotatable bonds is 6. The summed E-state index contributed by atoms with van der Waals surface area (Å²) in [6, 6.07) is 6.89. The predicted molar refractivity (Wildman–Crippen MR) is 81.2 cm³/mol. The van der Waals surface area contributed by atoms with E-state index in [4.69, 9.17) is 5.11 Å². The van der Waals surface area contributed by atoms with Crippen molar-refractivity contribution in [1.29, 1.82) is 0 Å². The fourth-order valence-electron chi connectivity index (χ4n) is 2.11. The van der Waals surface area contributed by atoms with E-state index in [0.717, 1.165) is 5.56 Å². The van der Waals surface area contributed by atoms with Crippen LogP contribution in [0.4, 0.5) is 0 Å². The Kier molecular flexibility index (Phi) is 5.74. The molecule has 0 aliphatic carbocycles. The highest BCUT2D eigenvalue weighted by molar-refractivity contribution is 7.89. The van der Waals surface area contributed by atoms with Gasteiger partial charge in [-0.2, -0.15) is 0 Å². The van der Waals surface area contributed by atoms with E-state index in [0.29, 0.717) is 17.7 Å². The third-order valence-electron chi connectivity index (χ3n) is 3.14. The van der Waals surface area contributed by atoms with Crippen molar-refractivity contribution < 1.29 is 13.5 Å². The lowest BCUT2D eigenvalue weighted by Crippen LogP contribution is -2.34. The van der Waals surface area contributed by atoms with Crippen molar-refractivity contribution in [2.75, 3.05) is 6.61 Å². The van der Waals surface area contributed by atoms with Gasteiger partial charge in [0.15, 0.2) is 0 Å². The van der Waals surface area contributed by atoms with Gasteiger partial charge in [-0.1, -0.05) is 39.0 Å². The second-order valence-corrected chi connectivity index (χ2v) is 7.82. The molecule has 5 heteroatoms. The van der Waals surface area contributed by atoms with Crippen LogP contribution in [-0.2, 0) is 15.4 Å². The van der Waals surface area contributed by atoms with Crippen molar-refractivity contribution in [1.82, 2.24) is 4.72 Å². The van der Waals surface area contributed by atoms with Crippen molar-refractivity contribution in [3.8, 4) is 0 Å². The highest BCUT2D eigenvalue weighted by Crippen LogP contribution is 2.28. The van der Waals surface area contributed by atoms with E-state index in [1.54, 1.807) is 12.1 Å². The molecule has 114 valence electrons. The maximum Gasteiger partial charge on any atom is 0.241 e. The molecule has 1 aromatic carbocycles. The average molecular weight is 299 g/mol. The molecule has 2 N–H and O–H groups in total. The first-order valence-corrected chi connectivity index (χ1v) is 8.39. The highest BCUT2D eigenvalue weighted by atomic mass is 32.2. The summed E-state index contributed by atoms with van der Waals surface area (Å²) in [5, 5.41) is 8.80. The number of aliphatic hydroxyl groups excluding tert-OH is 1. The zero-order valence-corrected chi connectivity index (χ0v) is 13.5. The lowest BCUT2D eigenvalue weighted by atomic mass is 9.87. The van der Waals surface area contributed by atoms with Gasteiger partial charge in [-0.25, -0.2) is 13.1 Å². The minimum absolute atomic E-state index is 0.0741. The van der Waals surface area contributed by atoms with Crippen LogP contribution in [0.2, 0.25) is 0 Å². The van der Waals surface area contributed by atoms with Crippen LogP contribution in [0.5, 0.6) is 0 Å². The molecule has 20 heavy (non-hydrogen) atoms. The van der Waals surface area contributed by atoms with Crippen molar-refractivity contribution >= 4 is 10.0 Å². The van der Waals surface area contributed by atoms with Gasteiger partial charge >= 0.3 is 0 Å². The second kappa shape index (κ2) is 6.70. The molecule has 0 heterocycles. The first-order chi connectivity index (χ1) is 9.18. The number of hydrogen-bond donors (Lipinski definition) is 2. The van der Waals surface area contributed by atoms with E-state index in [2.05, 4.69) is 4.72 Å². The van der Waals surface area contributed by atoms with Crippen molar-refractivity contribution in [2.45, 2.75) is 56.9 Å². The molecule has 1 rings (SSSR count). The molecular weight excluding hydrogens is 274 g/mol. The molecule has 0 saturated carbocycles. The third kappa shape index (κ3) is 4.58. The predicted octanol–water partition coefficient (Wildman–Crippen LogP) is 2.42. The second-order valence-electron chi connectivity index (χ2n) is 6.13. The van der Waals surface area contributed by atoms with Crippen LogP contribution in [0.3, 0.4) is 0 Å². The van der Waals surface area contributed by atoms with Gasteiger partial charge in [0.25, 0.3) is 0 Å². The molecule has 0 aromatic heterocycles. The zero-order chi connectivity index (χ0) is 15.4. The van der Waals surface area contributed by atoms with Gasteiger partial charge in [0.1, 0.15) is 0 Å². The van der Waals surface area contributed by atoms with Crippen LogP contribution in [-0.4, -0.2) is 26.2 Å². The van der Waals surface area contributed by atoms with E-state index in [1.165, 1.54) is 0 Å². The number of aliphatic hydroxyl groups is 1. The average Bonchev–Trinajstić information content (AvgIpc) is 2.35. The standard InChI is InChI=1S/C15H25NO3S/c1-12(8-7-11-17)16-20(18,19)14-10-6-5-9-13(14)15(2,3)4/h5-6,9-10,12,16-17H,7-8,11H2,1-4H3. The first-order valence-electron chi connectivity index (χ1n) is 6.91. The summed E-state index contributed by atoms with van der Waals surface area (Å²) < 4.78 is 27.7. The Labute approximate surface area is 122 Å². The Hall–Kier alpha value is -0.910. The number of sulfonamides is 1. The van der Waals surface area contributed by atoms with Gasteiger partial charge in [-0.3, -0.25) is 0 Å². The SMILES string of the molecule is CC(CCCO)NS(=O)(=O)c1ccccc1C(C)(C)C. The van der Waals surface area contributed by atoms with Gasteiger partial charge in [-0.15, -0.1) is 0 Å². The molecule has 0 saturated heterocycles. The summed E-state index contributed by atoms with van der Waals surface area (Å²) in [6.45, 7) is 7.88. The summed E-state index contributed by atoms with van der Waals surface area (Å²) in [7, 11) is -3.54. The van der Waals surface area contributed by atoms with Crippen LogP contribution in [0.15, 0.2) is 29.2 Å². The topological polar surface area (TPSA) is 66.4 Å². The molecule has 4 nitrogen and oxygen atoms in total. The van der Waals surface area contributed by atoms with Crippen LogP contribution >= 0.6 is 0 Å². The Bertz CT molecular complexity index is 532. The van der Waals surface area contributed by atoms with Gasteiger partial charge < -0.3 is 5.11 Å². The molecule has 1 aromatic rings. The van der Waals surface area contributed by atoms with Crippen molar-refractivity contribution in [2.24, 2.45) is 0 Å². The van der Waals surface area contributed by atoms with E-state index in [9.17, 15) is 8.42 Å². The zero-order valence-electron chi connectivity index (χ0n) is 12.7. The fraction of sp³-hybridized carbons (Fsp3) is 0.600. The Morgan fingerprint density at radius 1 is 1.25 bits per heavy atom. The number of nitrogens with one attached hydrogen (secondary N) is 1. The monoisotopic (exact) mass is 299 g/mol. The highest BCUT2D eigenvalue weighted by Gasteiger charge is 2.26. The molecule has 0 amide bonds. The van der Waals surface area contributed by atoms with Gasteiger partial charge in [0.2, 0.25) is 10.0 Å². The fourth-order valence-corrected chi connectivity index (χ4v) is 3.80. The molecule has 1 atom stereocenters. The minimum Gasteiger partial charge on any atom is -0.396 e. The van der Waals surface area contributed by atoms with Crippen LogP contribution in [0.25, 0.3) is 0 Å². The Balaban J connectivity index is 3.05. The van der Waals surface area contributed by atoms with Gasteiger partial charge in [0, 0.05) is 12.6 Å². The molecule has 0 aliphatic heterocycles. The van der Waals surface area contributed by atoms with Gasteiger partial charge in [0.05, 0.1) is 4.90 Å².